The fourth-order valence-electron chi connectivity index (χ4n) is 2.06. The predicted molar refractivity (Wildman–Crippen MR) is 82.2 cm³/mol. The smallest absolute Gasteiger partial charge is 0.347 e. The number of carbonyl (C=O) groups excluding carboxylic acids is 1. The lowest BCUT2D eigenvalue weighted by Crippen LogP contribution is -2.33. The van der Waals surface area contributed by atoms with Crippen molar-refractivity contribution in [3.05, 3.63) is 53.1 Å². The summed E-state index contributed by atoms with van der Waals surface area (Å²) < 4.78 is 37.2. The van der Waals surface area contributed by atoms with Crippen LogP contribution >= 0.6 is 0 Å². The van der Waals surface area contributed by atoms with E-state index in [1.54, 1.807) is 5.32 Å². The first kappa shape index (κ1) is 17.7. The molecule has 0 bridgehead atoms. The zero-order valence-corrected chi connectivity index (χ0v) is 12.7. The molecule has 128 valence electrons. The first-order valence-corrected chi connectivity index (χ1v) is 7.30. The van der Waals surface area contributed by atoms with Gasteiger partial charge in [0.1, 0.15) is 6.54 Å². The van der Waals surface area contributed by atoms with Crippen molar-refractivity contribution < 1.29 is 18.0 Å². The lowest BCUT2D eigenvalue weighted by molar-refractivity contribution is -0.138. The third-order valence-electron chi connectivity index (χ3n) is 3.24. The molecule has 1 aromatic carbocycles. The third kappa shape index (κ3) is 5.53. The summed E-state index contributed by atoms with van der Waals surface area (Å²) in [4.78, 5) is 27.5. The summed E-state index contributed by atoms with van der Waals surface area (Å²) in [6.07, 6.45) is -2.90. The SMILES string of the molecule is O=C(CCCn1cnc(-c2ccccc2)cc1=O)NCC(F)(F)F. The van der Waals surface area contributed by atoms with Gasteiger partial charge in [-0.25, -0.2) is 4.98 Å². The Bertz CT molecular complexity index is 742. The Morgan fingerprint density at radius 2 is 1.92 bits per heavy atom. The van der Waals surface area contributed by atoms with Crippen molar-refractivity contribution in [3.63, 3.8) is 0 Å². The van der Waals surface area contributed by atoms with E-state index in [1.165, 1.54) is 17.0 Å². The lowest BCUT2D eigenvalue weighted by Gasteiger charge is -2.09. The molecule has 0 fully saturated rings. The number of carbonyl (C=O) groups is 1. The van der Waals surface area contributed by atoms with Crippen molar-refractivity contribution in [1.82, 2.24) is 14.9 Å². The molecule has 0 saturated heterocycles. The van der Waals surface area contributed by atoms with Crippen molar-refractivity contribution >= 4 is 5.91 Å². The van der Waals surface area contributed by atoms with E-state index >= 15 is 0 Å². The second-order valence-corrected chi connectivity index (χ2v) is 5.17. The molecule has 0 atom stereocenters. The first-order valence-electron chi connectivity index (χ1n) is 7.30. The number of aromatic nitrogens is 2. The Morgan fingerprint density at radius 3 is 2.54 bits per heavy atom. The minimum absolute atomic E-state index is 0.0943. The molecule has 0 spiro atoms. The van der Waals surface area contributed by atoms with Gasteiger partial charge in [0.25, 0.3) is 5.56 Å². The highest BCUT2D eigenvalue weighted by molar-refractivity contribution is 5.75. The van der Waals surface area contributed by atoms with Crippen molar-refractivity contribution in [2.24, 2.45) is 0 Å². The van der Waals surface area contributed by atoms with Crippen LogP contribution in [0.25, 0.3) is 11.3 Å². The Balaban J connectivity index is 1.88. The summed E-state index contributed by atoms with van der Waals surface area (Å²) in [5, 5.41) is 1.79. The first-order chi connectivity index (χ1) is 11.3. The molecule has 2 aromatic rings. The number of amides is 1. The number of hydrogen-bond acceptors (Lipinski definition) is 3. The van der Waals surface area contributed by atoms with Gasteiger partial charge >= 0.3 is 6.18 Å². The van der Waals surface area contributed by atoms with Crippen molar-refractivity contribution in [1.29, 1.82) is 0 Å². The zero-order valence-electron chi connectivity index (χ0n) is 12.7. The van der Waals surface area contributed by atoms with Gasteiger partial charge < -0.3 is 5.32 Å². The Labute approximate surface area is 136 Å². The normalized spacial score (nSPS) is 11.3. The van der Waals surface area contributed by atoms with Gasteiger partial charge in [-0.3, -0.25) is 14.2 Å². The van der Waals surface area contributed by atoms with Crippen LogP contribution in [0, 0.1) is 0 Å². The molecule has 1 N–H and O–H groups in total. The third-order valence-corrected chi connectivity index (χ3v) is 3.24. The van der Waals surface area contributed by atoms with Gasteiger partial charge in [0, 0.05) is 24.6 Å². The number of rotatable bonds is 6. The van der Waals surface area contributed by atoms with Gasteiger partial charge in [-0.2, -0.15) is 13.2 Å². The van der Waals surface area contributed by atoms with Gasteiger partial charge in [-0.05, 0) is 6.42 Å². The fraction of sp³-hybridized carbons (Fsp3) is 0.312. The van der Waals surface area contributed by atoms with E-state index in [-0.39, 0.29) is 24.9 Å². The van der Waals surface area contributed by atoms with Crippen LogP contribution in [0.2, 0.25) is 0 Å². The van der Waals surface area contributed by atoms with Crippen LogP contribution in [-0.2, 0) is 11.3 Å². The van der Waals surface area contributed by atoms with Crippen LogP contribution in [0.4, 0.5) is 13.2 Å². The summed E-state index contributed by atoms with van der Waals surface area (Å²) in [5.41, 5.74) is 1.08. The number of benzene rings is 1. The molecule has 1 aromatic heterocycles. The van der Waals surface area contributed by atoms with E-state index in [0.29, 0.717) is 5.69 Å². The molecule has 0 saturated carbocycles. The highest BCUT2D eigenvalue weighted by atomic mass is 19.4. The van der Waals surface area contributed by atoms with Gasteiger partial charge in [-0.1, -0.05) is 30.3 Å². The lowest BCUT2D eigenvalue weighted by atomic mass is 10.1. The molecule has 0 aliphatic carbocycles. The molecular formula is C16H16F3N3O2. The van der Waals surface area contributed by atoms with Crippen LogP contribution in [0.1, 0.15) is 12.8 Å². The van der Waals surface area contributed by atoms with E-state index in [0.717, 1.165) is 5.56 Å². The standard InChI is InChI=1S/C16H16F3N3O2/c17-16(18,19)10-20-14(23)7-4-8-22-11-21-13(9-15(22)24)12-5-2-1-3-6-12/h1-3,5-6,9,11H,4,7-8,10H2,(H,20,23). The number of halogens is 3. The van der Waals surface area contributed by atoms with Crippen molar-refractivity contribution in [3.8, 4) is 11.3 Å². The molecular weight excluding hydrogens is 323 g/mol. The van der Waals surface area contributed by atoms with Crippen molar-refractivity contribution in [2.45, 2.75) is 25.6 Å². The van der Waals surface area contributed by atoms with Crippen molar-refractivity contribution in [2.75, 3.05) is 6.54 Å². The topological polar surface area (TPSA) is 64.0 Å². The summed E-state index contributed by atoms with van der Waals surface area (Å²) >= 11 is 0. The second-order valence-electron chi connectivity index (χ2n) is 5.17. The van der Waals surface area contributed by atoms with Gasteiger partial charge in [0.15, 0.2) is 0 Å². The van der Waals surface area contributed by atoms with Crippen LogP contribution in [0.3, 0.4) is 0 Å². The monoisotopic (exact) mass is 339 g/mol. The molecule has 1 heterocycles. The molecule has 0 aliphatic heterocycles. The maximum atomic E-state index is 12.0. The van der Waals surface area contributed by atoms with Gasteiger partial charge in [0.2, 0.25) is 5.91 Å². The van der Waals surface area contributed by atoms with Crippen LogP contribution in [0.15, 0.2) is 47.5 Å². The van der Waals surface area contributed by atoms with Gasteiger partial charge in [-0.15, -0.1) is 0 Å². The van der Waals surface area contributed by atoms with Gasteiger partial charge in [0.05, 0.1) is 12.0 Å². The Morgan fingerprint density at radius 1 is 1.21 bits per heavy atom. The molecule has 5 nitrogen and oxygen atoms in total. The minimum atomic E-state index is -4.43. The fourth-order valence-corrected chi connectivity index (χ4v) is 2.06. The number of nitrogens with one attached hydrogen (secondary N) is 1. The average molecular weight is 339 g/mol. The number of aryl methyl sites for hydroxylation is 1. The highest BCUT2D eigenvalue weighted by Gasteiger charge is 2.27. The molecule has 8 heteroatoms. The minimum Gasteiger partial charge on any atom is -0.347 e. The number of nitrogens with zero attached hydrogens (tertiary/aromatic N) is 2. The summed E-state index contributed by atoms with van der Waals surface area (Å²) in [6, 6.07) is 10.6. The van der Waals surface area contributed by atoms with E-state index in [1.807, 2.05) is 30.3 Å². The molecule has 2 rings (SSSR count). The van der Waals surface area contributed by atoms with Crippen LogP contribution < -0.4 is 10.9 Å². The Hall–Kier alpha value is -2.64. The van der Waals surface area contributed by atoms with E-state index in [2.05, 4.69) is 4.98 Å². The van der Waals surface area contributed by atoms with Crippen LogP contribution in [-0.4, -0.2) is 28.2 Å². The predicted octanol–water partition coefficient (Wildman–Crippen LogP) is 2.37. The molecule has 1 amide bonds. The number of hydrogen-bond donors (Lipinski definition) is 1. The maximum absolute atomic E-state index is 12.0. The second kappa shape index (κ2) is 7.76. The zero-order chi connectivity index (χ0) is 17.6. The summed E-state index contributed by atoms with van der Waals surface area (Å²) in [7, 11) is 0. The molecule has 0 aliphatic rings. The maximum Gasteiger partial charge on any atom is 0.405 e. The molecule has 0 unspecified atom stereocenters. The van der Waals surface area contributed by atoms with E-state index in [9.17, 15) is 22.8 Å². The highest BCUT2D eigenvalue weighted by Crippen LogP contribution is 2.14. The van der Waals surface area contributed by atoms with E-state index < -0.39 is 18.6 Å². The summed E-state index contributed by atoms with van der Waals surface area (Å²) in [5.74, 6) is -0.700. The van der Waals surface area contributed by atoms with Crippen LogP contribution in [0.5, 0.6) is 0 Å². The van der Waals surface area contributed by atoms with E-state index in [4.69, 9.17) is 0 Å². The molecule has 0 radical (unpaired) electrons. The average Bonchev–Trinajstić information content (AvgIpc) is 2.54. The Kier molecular flexibility index (Phi) is 5.73. The quantitative estimate of drug-likeness (QED) is 0.879. The largest absolute Gasteiger partial charge is 0.405 e. The number of alkyl halides is 3. The molecule has 24 heavy (non-hydrogen) atoms. The summed E-state index contributed by atoms with van der Waals surface area (Å²) in [6.45, 7) is -1.14.